The van der Waals surface area contributed by atoms with Crippen LogP contribution in [0.1, 0.15) is 6.92 Å². The first-order valence-electron chi connectivity index (χ1n) is 3.64. The van der Waals surface area contributed by atoms with Crippen molar-refractivity contribution in [2.24, 2.45) is 5.73 Å². The Kier molecular flexibility index (Phi) is 3.16. The monoisotopic (exact) mass is 200 g/mol. The summed E-state index contributed by atoms with van der Waals surface area (Å²) in [7, 11) is 0. The first kappa shape index (κ1) is 9.88. The van der Waals surface area contributed by atoms with Crippen molar-refractivity contribution in [2.45, 2.75) is 13.0 Å². The minimum Gasteiger partial charge on any atom is -0.320 e. The van der Waals surface area contributed by atoms with Crippen LogP contribution in [0.15, 0.2) is 12.3 Å². The predicted molar refractivity (Wildman–Crippen MR) is 49.3 cm³/mol. The van der Waals surface area contributed by atoms with E-state index in [9.17, 15) is 4.79 Å². The summed E-state index contributed by atoms with van der Waals surface area (Å²) in [6.45, 7) is 1.57. The molecule has 0 spiro atoms. The van der Waals surface area contributed by atoms with Crippen molar-refractivity contribution in [2.75, 3.05) is 5.32 Å². The highest BCUT2D eigenvalue weighted by molar-refractivity contribution is 6.29. The molecule has 0 bridgehead atoms. The second kappa shape index (κ2) is 4.15. The van der Waals surface area contributed by atoms with Crippen LogP contribution < -0.4 is 11.1 Å². The van der Waals surface area contributed by atoms with Gasteiger partial charge >= 0.3 is 0 Å². The molecule has 1 aromatic heterocycles. The summed E-state index contributed by atoms with van der Waals surface area (Å²) in [5, 5.41) is 2.68. The average molecular weight is 201 g/mol. The number of halogens is 1. The molecule has 0 fully saturated rings. The molecule has 0 aliphatic rings. The van der Waals surface area contributed by atoms with Gasteiger partial charge in [0.05, 0.1) is 6.04 Å². The van der Waals surface area contributed by atoms with E-state index in [2.05, 4.69) is 15.3 Å². The molecular weight excluding hydrogens is 192 g/mol. The van der Waals surface area contributed by atoms with E-state index in [4.69, 9.17) is 17.3 Å². The zero-order valence-electron chi connectivity index (χ0n) is 6.99. The zero-order chi connectivity index (χ0) is 9.84. The fraction of sp³-hybridized carbons (Fsp3) is 0.286. The van der Waals surface area contributed by atoms with Gasteiger partial charge in [-0.2, -0.15) is 0 Å². The molecule has 5 nitrogen and oxygen atoms in total. The molecule has 1 atom stereocenters. The van der Waals surface area contributed by atoms with Crippen LogP contribution in [-0.4, -0.2) is 21.9 Å². The minimum atomic E-state index is -0.595. The highest BCUT2D eigenvalue weighted by Gasteiger charge is 2.08. The lowest BCUT2D eigenvalue weighted by atomic mass is 10.3. The van der Waals surface area contributed by atoms with Crippen molar-refractivity contribution in [1.82, 2.24) is 9.97 Å². The standard InChI is InChI=1S/C7H9ClN4O/c1-4(9)6(13)12-7-10-3-2-5(8)11-7/h2-4H,9H2,1H3,(H,10,11,12,13). The zero-order valence-corrected chi connectivity index (χ0v) is 7.75. The molecule has 1 unspecified atom stereocenters. The van der Waals surface area contributed by atoms with Crippen molar-refractivity contribution in [1.29, 1.82) is 0 Å². The Morgan fingerprint density at radius 1 is 1.77 bits per heavy atom. The van der Waals surface area contributed by atoms with Crippen LogP contribution in [0.4, 0.5) is 5.95 Å². The quantitative estimate of drug-likeness (QED) is 0.678. The number of carbonyl (C=O) groups is 1. The van der Waals surface area contributed by atoms with Gasteiger partial charge in [-0.25, -0.2) is 9.97 Å². The Labute approximate surface area is 80.3 Å². The third kappa shape index (κ3) is 2.96. The van der Waals surface area contributed by atoms with Crippen LogP contribution in [0.3, 0.4) is 0 Å². The van der Waals surface area contributed by atoms with E-state index in [1.165, 1.54) is 12.3 Å². The number of carbonyl (C=O) groups excluding carboxylic acids is 1. The second-order valence-electron chi connectivity index (χ2n) is 2.48. The number of amides is 1. The lowest BCUT2D eigenvalue weighted by Crippen LogP contribution is -2.33. The van der Waals surface area contributed by atoms with Gasteiger partial charge in [0, 0.05) is 6.20 Å². The van der Waals surface area contributed by atoms with Crippen LogP contribution >= 0.6 is 11.6 Å². The molecular formula is C7H9ClN4O. The van der Waals surface area contributed by atoms with E-state index in [0.29, 0.717) is 0 Å². The van der Waals surface area contributed by atoms with E-state index in [1.807, 2.05) is 0 Å². The topological polar surface area (TPSA) is 80.9 Å². The first-order valence-corrected chi connectivity index (χ1v) is 4.02. The molecule has 70 valence electrons. The van der Waals surface area contributed by atoms with Crippen molar-refractivity contribution < 1.29 is 4.79 Å². The normalized spacial score (nSPS) is 12.2. The van der Waals surface area contributed by atoms with Crippen molar-refractivity contribution in [3.63, 3.8) is 0 Å². The maximum atomic E-state index is 11.1. The summed E-state index contributed by atoms with van der Waals surface area (Å²) in [6.07, 6.45) is 1.45. The molecule has 1 rings (SSSR count). The number of nitrogens with two attached hydrogens (primary N) is 1. The summed E-state index contributed by atoms with van der Waals surface area (Å²) in [4.78, 5) is 18.6. The van der Waals surface area contributed by atoms with Gasteiger partial charge in [0.15, 0.2) is 0 Å². The van der Waals surface area contributed by atoms with Crippen molar-refractivity contribution >= 4 is 23.5 Å². The van der Waals surface area contributed by atoms with Gasteiger partial charge in [0.25, 0.3) is 0 Å². The van der Waals surface area contributed by atoms with E-state index >= 15 is 0 Å². The Morgan fingerprint density at radius 3 is 3.00 bits per heavy atom. The van der Waals surface area contributed by atoms with Gasteiger partial charge in [-0.3, -0.25) is 10.1 Å². The predicted octanol–water partition coefficient (Wildman–Crippen LogP) is 0.416. The summed E-state index contributed by atoms with van der Waals surface area (Å²) < 4.78 is 0. The number of hydrogen-bond donors (Lipinski definition) is 2. The summed E-state index contributed by atoms with van der Waals surface area (Å²) in [6, 6.07) is 0.922. The Bertz CT molecular complexity index is 315. The number of nitrogens with zero attached hydrogens (tertiary/aromatic N) is 2. The van der Waals surface area contributed by atoms with E-state index in [1.54, 1.807) is 6.92 Å². The number of nitrogens with one attached hydrogen (secondary N) is 1. The third-order valence-corrected chi connectivity index (χ3v) is 1.48. The van der Waals surface area contributed by atoms with Crippen LogP contribution in [0.5, 0.6) is 0 Å². The van der Waals surface area contributed by atoms with Gasteiger partial charge in [0.1, 0.15) is 5.15 Å². The minimum absolute atomic E-state index is 0.162. The van der Waals surface area contributed by atoms with Gasteiger partial charge < -0.3 is 5.73 Å². The number of rotatable bonds is 2. The van der Waals surface area contributed by atoms with Gasteiger partial charge in [-0.05, 0) is 13.0 Å². The van der Waals surface area contributed by atoms with Crippen molar-refractivity contribution in [3.8, 4) is 0 Å². The third-order valence-electron chi connectivity index (χ3n) is 1.27. The number of aromatic nitrogens is 2. The Hall–Kier alpha value is -1.20. The maximum Gasteiger partial charge on any atom is 0.243 e. The molecule has 0 aliphatic carbocycles. The number of hydrogen-bond acceptors (Lipinski definition) is 4. The highest BCUT2D eigenvalue weighted by atomic mass is 35.5. The van der Waals surface area contributed by atoms with Crippen LogP contribution in [0, 0.1) is 0 Å². The Balaban J connectivity index is 2.69. The molecule has 6 heteroatoms. The smallest absolute Gasteiger partial charge is 0.243 e. The van der Waals surface area contributed by atoms with E-state index < -0.39 is 6.04 Å². The lowest BCUT2D eigenvalue weighted by Gasteiger charge is -2.05. The van der Waals surface area contributed by atoms with E-state index in [-0.39, 0.29) is 17.0 Å². The molecule has 1 amide bonds. The number of anilines is 1. The molecule has 3 N–H and O–H groups in total. The molecule has 1 heterocycles. The molecule has 1 aromatic rings. The fourth-order valence-electron chi connectivity index (χ4n) is 0.621. The molecule has 13 heavy (non-hydrogen) atoms. The molecule has 0 saturated carbocycles. The van der Waals surface area contributed by atoms with Gasteiger partial charge in [-0.15, -0.1) is 0 Å². The fourth-order valence-corrected chi connectivity index (χ4v) is 0.757. The molecule has 0 radical (unpaired) electrons. The lowest BCUT2D eigenvalue weighted by molar-refractivity contribution is -0.117. The van der Waals surface area contributed by atoms with Crippen molar-refractivity contribution in [3.05, 3.63) is 17.4 Å². The second-order valence-corrected chi connectivity index (χ2v) is 2.87. The van der Waals surface area contributed by atoms with Crippen LogP contribution in [-0.2, 0) is 4.79 Å². The first-order chi connectivity index (χ1) is 6.09. The summed E-state index contributed by atoms with van der Waals surface area (Å²) in [5.74, 6) is -0.183. The van der Waals surface area contributed by atoms with Gasteiger partial charge in [-0.1, -0.05) is 11.6 Å². The molecule has 0 aliphatic heterocycles. The van der Waals surface area contributed by atoms with Crippen LogP contribution in [0.2, 0.25) is 5.15 Å². The van der Waals surface area contributed by atoms with Gasteiger partial charge in [0.2, 0.25) is 11.9 Å². The largest absolute Gasteiger partial charge is 0.320 e. The maximum absolute atomic E-state index is 11.1. The SMILES string of the molecule is CC(N)C(=O)Nc1nccc(Cl)n1. The average Bonchev–Trinajstić information content (AvgIpc) is 2.04. The molecule has 0 saturated heterocycles. The Morgan fingerprint density at radius 2 is 2.46 bits per heavy atom. The van der Waals surface area contributed by atoms with E-state index in [0.717, 1.165) is 0 Å². The highest BCUT2D eigenvalue weighted by Crippen LogP contribution is 2.05. The van der Waals surface area contributed by atoms with Crippen LogP contribution in [0.25, 0.3) is 0 Å². The summed E-state index contributed by atoms with van der Waals surface area (Å²) in [5.41, 5.74) is 5.32. The summed E-state index contributed by atoms with van der Waals surface area (Å²) >= 11 is 5.57. The molecule has 0 aromatic carbocycles.